The molecule has 0 rings (SSSR count). The predicted octanol–water partition coefficient (Wildman–Crippen LogP) is 6.85. The van der Waals surface area contributed by atoms with Gasteiger partial charge in [-0.3, -0.25) is 4.79 Å². The molecule has 0 bridgehead atoms. The van der Waals surface area contributed by atoms with Crippen molar-refractivity contribution in [3.05, 3.63) is 0 Å². The molecule has 0 N–H and O–H groups in total. The molecule has 0 aliphatic carbocycles. The monoisotopic (exact) mass is 378 g/mol. The van der Waals surface area contributed by atoms with Gasteiger partial charge in [-0.05, 0) is 6.42 Å². The lowest BCUT2D eigenvalue weighted by atomic mass is 10.0. The van der Waals surface area contributed by atoms with E-state index < -0.39 is 15.3 Å². The number of carbonyl (C=O) groups excluding carboxylic acids is 1. The summed E-state index contributed by atoms with van der Waals surface area (Å²) < 4.78 is 33.0. The van der Waals surface area contributed by atoms with Crippen LogP contribution in [0, 0.1) is 0 Å². The largest absolute Gasteiger partial charge is 0.366 e. The zero-order valence-electron chi connectivity index (χ0n) is 16.2. The minimum absolute atomic E-state index is 0.183. The van der Waals surface area contributed by atoms with Crippen molar-refractivity contribution < 1.29 is 17.1 Å². The smallest absolute Gasteiger partial charge is 0.279 e. The maximum absolute atomic E-state index is 12.3. The third-order valence-corrected chi connectivity index (χ3v) is 5.50. The first-order chi connectivity index (χ1) is 12.0. The Kier molecular flexibility index (Phi) is 16.7. The fraction of sp³-hybridized carbons (Fsp3) is 0.950. The van der Waals surface area contributed by atoms with Crippen LogP contribution in [0.15, 0.2) is 0 Å². The van der Waals surface area contributed by atoms with Gasteiger partial charge in [0.2, 0.25) is 0 Å². The molecule has 0 saturated heterocycles. The van der Waals surface area contributed by atoms with Crippen LogP contribution in [-0.4, -0.2) is 13.5 Å². The molecular formula is C20H39FO3S. The molecule has 0 heterocycles. The lowest BCUT2D eigenvalue weighted by molar-refractivity contribution is -0.112. The molecule has 0 spiro atoms. The van der Waals surface area contributed by atoms with E-state index in [0.717, 1.165) is 19.3 Å². The van der Waals surface area contributed by atoms with Gasteiger partial charge in [-0.2, -0.15) is 8.42 Å². The van der Waals surface area contributed by atoms with Crippen molar-refractivity contribution in [3.63, 3.8) is 0 Å². The topological polar surface area (TPSA) is 51.2 Å². The van der Waals surface area contributed by atoms with E-state index in [1.165, 1.54) is 83.5 Å². The third kappa shape index (κ3) is 18.1. The second-order valence-corrected chi connectivity index (χ2v) is 8.55. The summed E-state index contributed by atoms with van der Waals surface area (Å²) in [4.78, 5) is 10.9. The van der Waals surface area contributed by atoms with Crippen LogP contribution in [0.2, 0.25) is 0 Å². The number of hydrogen-bond acceptors (Lipinski definition) is 3. The van der Waals surface area contributed by atoms with Crippen LogP contribution >= 0.6 is 0 Å². The van der Waals surface area contributed by atoms with Crippen LogP contribution in [0.25, 0.3) is 0 Å². The van der Waals surface area contributed by atoms with E-state index in [4.69, 9.17) is 0 Å². The Hall–Kier alpha value is -0.450. The van der Waals surface area contributed by atoms with Gasteiger partial charge in [0.1, 0.15) is 0 Å². The van der Waals surface area contributed by atoms with Gasteiger partial charge in [0.15, 0.2) is 0 Å². The minimum Gasteiger partial charge on any atom is -0.279 e. The van der Waals surface area contributed by atoms with Gasteiger partial charge < -0.3 is 0 Å². The van der Waals surface area contributed by atoms with Crippen molar-refractivity contribution in [1.29, 1.82) is 0 Å². The first kappa shape index (κ1) is 24.6. The summed E-state index contributed by atoms with van der Waals surface area (Å²) in [7, 11) is -4.96. The number of carbonyl (C=O) groups is 1. The molecule has 0 aromatic rings. The van der Waals surface area contributed by atoms with Crippen LogP contribution in [0.5, 0.6) is 0 Å². The summed E-state index contributed by atoms with van der Waals surface area (Å²) in [5.74, 6) is 0. The van der Waals surface area contributed by atoms with E-state index in [9.17, 15) is 17.1 Å². The molecule has 0 atom stereocenters. The number of hydrogen-bond donors (Lipinski definition) is 0. The van der Waals surface area contributed by atoms with E-state index in [1.807, 2.05) is 0 Å². The maximum Gasteiger partial charge on any atom is 0.366 e. The molecule has 5 heteroatoms. The molecule has 25 heavy (non-hydrogen) atoms. The van der Waals surface area contributed by atoms with Crippen molar-refractivity contribution >= 4 is 15.3 Å². The quantitative estimate of drug-likeness (QED) is 0.193. The Morgan fingerprint density at radius 2 is 0.880 bits per heavy atom. The van der Waals surface area contributed by atoms with Crippen molar-refractivity contribution in [2.24, 2.45) is 0 Å². The maximum atomic E-state index is 12.3. The highest BCUT2D eigenvalue weighted by Gasteiger charge is 2.19. The van der Waals surface area contributed by atoms with Crippen molar-refractivity contribution in [2.45, 2.75) is 122 Å². The van der Waals surface area contributed by atoms with E-state index in [2.05, 4.69) is 6.92 Å². The van der Waals surface area contributed by atoms with Crippen LogP contribution in [0.1, 0.15) is 122 Å². The average molecular weight is 379 g/mol. The molecule has 0 radical (unpaired) electrons. The Labute approximate surface area is 155 Å². The van der Waals surface area contributed by atoms with Crippen molar-refractivity contribution in [1.82, 2.24) is 0 Å². The Morgan fingerprint density at radius 1 is 0.600 bits per heavy atom. The van der Waals surface area contributed by atoms with E-state index in [1.54, 1.807) is 0 Å². The van der Waals surface area contributed by atoms with Gasteiger partial charge in [-0.1, -0.05) is 114 Å². The lowest BCUT2D eigenvalue weighted by Crippen LogP contribution is -2.07. The zero-order chi connectivity index (χ0) is 18.8. The first-order valence-electron chi connectivity index (χ1n) is 10.5. The second kappa shape index (κ2) is 17.0. The second-order valence-electron chi connectivity index (χ2n) is 7.22. The summed E-state index contributed by atoms with van der Waals surface area (Å²) >= 11 is 0. The average Bonchev–Trinajstić information content (AvgIpc) is 2.56. The minimum atomic E-state index is -4.96. The van der Waals surface area contributed by atoms with Gasteiger partial charge in [-0.15, -0.1) is 0 Å². The van der Waals surface area contributed by atoms with Crippen LogP contribution in [-0.2, 0) is 15.0 Å². The molecule has 0 amide bonds. The Balaban J connectivity index is 3.13. The molecule has 0 aromatic heterocycles. The number of halogens is 1. The van der Waals surface area contributed by atoms with Crippen LogP contribution in [0.3, 0.4) is 0 Å². The molecule has 150 valence electrons. The summed E-state index contributed by atoms with van der Waals surface area (Å²) in [5.41, 5.74) is 0. The highest BCUT2D eigenvalue weighted by molar-refractivity contribution is 8.01. The summed E-state index contributed by atoms with van der Waals surface area (Å²) in [6.45, 7) is 2.26. The molecule has 0 unspecified atom stereocenters. The fourth-order valence-corrected chi connectivity index (χ4v) is 3.50. The van der Waals surface area contributed by atoms with Crippen LogP contribution < -0.4 is 0 Å². The summed E-state index contributed by atoms with van der Waals surface area (Å²) in [5, 5.41) is -1.27. The van der Waals surface area contributed by atoms with Crippen LogP contribution in [0.4, 0.5) is 3.89 Å². The van der Waals surface area contributed by atoms with Gasteiger partial charge in [0.05, 0.1) is 0 Å². The van der Waals surface area contributed by atoms with Gasteiger partial charge in [-0.25, -0.2) is 0 Å². The lowest BCUT2D eigenvalue weighted by Gasteiger charge is -2.03. The van der Waals surface area contributed by atoms with E-state index in [-0.39, 0.29) is 6.42 Å². The predicted molar refractivity (Wildman–Crippen MR) is 104 cm³/mol. The third-order valence-electron chi connectivity index (χ3n) is 4.76. The highest BCUT2D eigenvalue weighted by atomic mass is 32.3. The molecular weight excluding hydrogens is 339 g/mol. The van der Waals surface area contributed by atoms with E-state index in [0.29, 0.717) is 6.42 Å². The standard InChI is InChI=1S/C20H39FO3S/c1-2-3-4-5-6-7-8-9-10-11-12-13-14-15-16-17-18-19-20(22)25(21,23)24/h2-19H2,1H3. The normalized spacial score (nSPS) is 11.8. The SMILES string of the molecule is CCCCCCCCCCCCCCCCCCCC(=O)S(=O)(=O)F. The van der Waals surface area contributed by atoms with Crippen molar-refractivity contribution in [2.75, 3.05) is 0 Å². The molecule has 0 saturated carbocycles. The summed E-state index contributed by atoms with van der Waals surface area (Å²) in [6.07, 6.45) is 20.7. The molecule has 0 aromatic carbocycles. The highest BCUT2D eigenvalue weighted by Crippen LogP contribution is 2.14. The Morgan fingerprint density at radius 3 is 1.16 bits per heavy atom. The van der Waals surface area contributed by atoms with E-state index >= 15 is 0 Å². The zero-order valence-corrected chi connectivity index (χ0v) is 17.1. The molecule has 0 aliphatic heterocycles. The molecule has 0 aliphatic rings. The van der Waals surface area contributed by atoms with Gasteiger partial charge >= 0.3 is 10.2 Å². The van der Waals surface area contributed by atoms with Gasteiger partial charge in [0, 0.05) is 6.42 Å². The number of rotatable bonds is 18. The van der Waals surface area contributed by atoms with Gasteiger partial charge in [0.25, 0.3) is 5.12 Å². The Bertz CT molecular complexity index is 407. The van der Waals surface area contributed by atoms with Crippen molar-refractivity contribution in [3.8, 4) is 0 Å². The molecule has 3 nitrogen and oxygen atoms in total. The fourth-order valence-electron chi connectivity index (χ4n) is 3.12. The molecule has 0 fully saturated rings. The number of unbranched alkanes of at least 4 members (excludes halogenated alkanes) is 16. The first-order valence-corrected chi connectivity index (χ1v) is 11.8. The summed E-state index contributed by atoms with van der Waals surface area (Å²) in [6, 6.07) is 0.